The van der Waals surface area contributed by atoms with Gasteiger partial charge in [-0.3, -0.25) is 9.59 Å². The maximum Gasteiger partial charge on any atom is 0.311 e. The lowest BCUT2D eigenvalue weighted by atomic mass is 10.0. The van der Waals surface area contributed by atoms with Gasteiger partial charge in [0.15, 0.2) is 5.82 Å². The van der Waals surface area contributed by atoms with Crippen LogP contribution in [-0.2, 0) is 9.53 Å². The van der Waals surface area contributed by atoms with Crippen LogP contribution >= 0.6 is 0 Å². The molecule has 0 spiro atoms. The molecule has 1 saturated heterocycles. The van der Waals surface area contributed by atoms with E-state index in [1.165, 1.54) is 0 Å². The standard InChI is InChI=1S/C13H19N3O4/c1-8(2)16-5-4-14-11(12(16)17)15(3)10-7-20-6-9(10)13(18)19/h4-5,8-10H,6-7H2,1-3H3,(H,18,19). The number of hydrogen-bond donors (Lipinski definition) is 1. The molecule has 2 atom stereocenters. The van der Waals surface area contributed by atoms with Gasteiger partial charge in [0.1, 0.15) is 5.92 Å². The number of likely N-dealkylation sites (N-methyl/N-ethyl adjacent to an activating group) is 1. The molecule has 7 nitrogen and oxygen atoms in total. The normalized spacial score (nSPS) is 22.2. The highest BCUT2D eigenvalue weighted by Gasteiger charge is 2.38. The summed E-state index contributed by atoms with van der Waals surface area (Å²) in [5.74, 6) is -1.31. The quantitative estimate of drug-likeness (QED) is 0.857. The number of aliphatic carboxylic acids is 1. The lowest BCUT2D eigenvalue weighted by Crippen LogP contribution is -2.44. The predicted molar refractivity (Wildman–Crippen MR) is 73.0 cm³/mol. The minimum absolute atomic E-state index is 0.0211. The summed E-state index contributed by atoms with van der Waals surface area (Å²) in [7, 11) is 1.68. The molecule has 1 aliphatic rings. The molecule has 110 valence electrons. The minimum Gasteiger partial charge on any atom is -0.481 e. The van der Waals surface area contributed by atoms with Crippen LogP contribution in [0.1, 0.15) is 19.9 Å². The highest BCUT2D eigenvalue weighted by molar-refractivity contribution is 5.72. The number of carbonyl (C=O) groups is 1. The predicted octanol–water partition coefficient (Wildman–Crippen LogP) is 0.360. The van der Waals surface area contributed by atoms with Crippen LogP contribution in [0.3, 0.4) is 0 Å². The Morgan fingerprint density at radius 3 is 2.85 bits per heavy atom. The van der Waals surface area contributed by atoms with Gasteiger partial charge in [0.05, 0.1) is 19.3 Å². The van der Waals surface area contributed by atoms with Gasteiger partial charge in [-0.1, -0.05) is 0 Å². The number of nitrogens with zero attached hydrogens (tertiary/aromatic N) is 3. The van der Waals surface area contributed by atoms with Gasteiger partial charge in [-0.2, -0.15) is 0 Å². The van der Waals surface area contributed by atoms with Crippen molar-refractivity contribution in [2.45, 2.75) is 25.9 Å². The molecule has 1 fully saturated rings. The SMILES string of the molecule is CC(C)n1ccnc(N(C)C2COCC2C(=O)O)c1=O. The van der Waals surface area contributed by atoms with Crippen molar-refractivity contribution in [3.63, 3.8) is 0 Å². The molecule has 0 aliphatic carbocycles. The molecule has 20 heavy (non-hydrogen) atoms. The van der Waals surface area contributed by atoms with Gasteiger partial charge in [-0.15, -0.1) is 0 Å². The summed E-state index contributed by atoms with van der Waals surface area (Å²) in [6, 6.07) is -0.358. The van der Waals surface area contributed by atoms with Crippen molar-refractivity contribution in [1.82, 2.24) is 9.55 Å². The molecule has 0 radical (unpaired) electrons. The monoisotopic (exact) mass is 281 g/mol. The van der Waals surface area contributed by atoms with Gasteiger partial charge in [0.2, 0.25) is 0 Å². The van der Waals surface area contributed by atoms with Gasteiger partial charge < -0.3 is 19.3 Å². The molecule has 2 unspecified atom stereocenters. The van der Waals surface area contributed by atoms with Gasteiger partial charge in [0.25, 0.3) is 5.56 Å². The van der Waals surface area contributed by atoms with Crippen LogP contribution < -0.4 is 10.5 Å². The van der Waals surface area contributed by atoms with Crippen molar-refractivity contribution in [1.29, 1.82) is 0 Å². The van der Waals surface area contributed by atoms with Crippen LogP contribution in [0.15, 0.2) is 17.2 Å². The molecule has 0 bridgehead atoms. The Morgan fingerprint density at radius 1 is 1.55 bits per heavy atom. The first-order chi connectivity index (χ1) is 9.43. The van der Waals surface area contributed by atoms with E-state index in [1.54, 1.807) is 28.9 Å². The fourth-order valence-corrected chi connectivity index (χ4v) is 2.38. The van der Waals surface area contributed by atoms with E-state index in [2.05, 4.69) is 4.98 Å². The second kappa shape index (κ2) is 5.62. The third kappa shape index (κ3) is 2.53. The molecule has 1 aromatic rings. The summed E-state index contributed by atoms with van der Waals surface area (Å²) < 4.78 is 6.81. The largest absolute Gasteiger partial charge is 0.481 e. The molecule has 7 heteroatoms. The van der Waals surface area contributed by atoms with Crippen molar-refractivity contribution >= 4 is 11.8 Å². The Balaban J connectivity index is 2.34. The number of carboxylic acids is 1. The van der Waals surface area contributed by atoms with E-state index in [1.807, 2.05) is 13.8 Å². The number of rotatable bonds is 4. The summed E-state index contributed by atoms with van der Waals surface area (Å²) in [4.78, 5) is 29.3. The highest BCUT2D eigenvalue weighted by atomic mass is 16.5. The van der Waals surface area contributed by atoms with E-state index < -0.39 is 11.9 Å². The molecular weight excluding hydrogens is 262 g/mol. The molecule has 2 rings (SSSR count). The summed E-state index contributed by atoms with van der Waals surface area (Å²) >= 11 is 0. The Bertz CT molecular complexity index is 555. The zero-order valence-electron chi connectivity index (χ0n) is 11.8. The van der Waals surface area contributed by atoms with E-state index in [0.717, 1.165) is 0 Å². The van der Waals surface area contributed by atoms with Crippen LogP contribution in [0.25, 0.3) is 0 Å². The summed E-state index contributed by atoms with van der Waals surface area (Å²) in [5, 5.41) is 9.18. The molecule has 0 saturated carbocycles. The number of aromatic nitrogens is 2. The zero-order chi connectivity index (χ0) is 14.9. The van der Waals surface area contributed by atoms with Crippen LogP contribution in [0.5, 0.6) is 0 Å². The molecule has 0 amide bonds. The average molecular weight is 281 g/mol. The van der Waals surface area contributed by atoms with Crippen LogP contribution in [-0.4, -0.2) is 46.9 Å². The van der Waals surface area contributed by atoms with Crippen molar-refractivity contribution in [2.24, 2.45) is 5.92 Å². The first-order valence-electron chi connectivity index (χ1n) is 6.54. The smallest absolute Gasteiger partial charge is 0.311 e. The zero-order valence-corrected chi connectivity index (χ0v) is 11.8. The Kier molecular flexibility index (Phi) is 4.08. The summed E-state index contributed by atoms with van der Waals surface area (Å²) in [6.45, 7) is 4.26. The van der Waals surface area contributed by atoms with E-state index in [-0.39, 0.29) is 36.7 Å². The first-order valence-corrected chi connectivity index (χ1v) is 6.54. The van der Waals surface area contributed by atoms with Crippen LogP contribution in [0.4, 0.5) is 5.82 Å². The molecular formula is C13H19N3O4. The molecule has 1 N–H and O–H groups in total. The molecule has 2 heterocycles. The van der Waals surface area contributed by atoms with Crippen molar-refractivity contribution in [3.8, 4) is 0 Å². The third-order valence-corrected chi connectivity index (χ3v) is 3.61. The number of ether oxygens (including phenoxy) is 1. The highest BCUT2D eigenvalue weighted by Crippen LogP contribution is 2.21. The van der Waals surface area contributed by atoms with Crippen LogP contribution in [0.2, 0.25) is 0 Å². The van der Waals surface area contributed by atoms with Gasteiger partial charge in [-0.05, 0) is 13.8 Å². The van der Waals surface area contributed by atoms with Gasteiger partial charge in [0, 0.05) is 25.5 Å². The number of carboxylic acid groups (broad SMARTS) is 1. The topological polar surface area (TPSA) is 84.7 Å². The maximum absolute atomic E-state index is 12.4. The van der Waals surface area contributed by atoms with E-state index >= 15 is 0 Å². The number of hydrogen-bond acceptors (Lipinski definition) is 5. The van der Waals surface area contributed by atoms with Gasteiger partial charge >= 0.3 is 5.97 Å². The van der Waals surface area contributed by atoms with Crippen molar-refractivity contribution in [3.05, 3.63) is 22.7 Å². The first kappa shape index (κ1) is 14.5. The average Bonchev–Trinajstić information content (AvgIpc) is 2.87. The Morgan fingerprint density at radius 2 is 2.25 bits per heavy atom. The van der Waals surface area contributed by atoms with E-state index in [4.69, 9.17) is 4.74 Å². The fraction of sp³-hybridized carbons (Fsp3) is 0.615. The number of anilines is 1. The van der Waals surface area contributed by atoms with E-state index in [0.29, 0.717) is 0 Å². The van der Waals surface area contributed by atoms with Gasteiger partial charge in [-0.25, -0.2) is 4.98 Å². The molecule has 1 aromatic heterocycles. The Labute approximate surface area is 116 Å². The maximum atomic E-state index is 12.4. The second-order valence-corrected chi connectivity index (χ2v) is 5.22. The second-order valence-electron chi connectivity index (χ2n) is 5.22. The van der Waals surface area contributed by atoms with E-state index in [9.17, 15) is 14.7 Å². The third-order valence-electron chi connectivity index (χ3n) is 3.61. The molecule has 0 aromatic carbocycles. The molecule has 1 aliphatic heterocycles. The fourth-order valence-electron chi connectivity index (χ4n) is 2.38. The summed E-state index contributed by atoms with van der Waals surface area (Å²) in [6.07, 6.45) is 3.18. The van der Waals surface area contributed by atoms with Crippen molar-refractivity contribution in [2.75, 3.05) is 25.2 Å². The lowest BCUT2D eigenvalue weighted by Gasteiger charge is -2.27. The lowest BCUT2D eigenvalue weighted by molar-refractivity contribution is -0.141. The Hall–Kier alpha value is -1.89. The minimum atomic E-state index is -0.917. The summed E-state index contributed by atoms with van der Waals surface area (Å²) in [5.41, 5.74) is -0.221. The van der Waals surface area contributed by atoms with Crippen LogP contribution in [0, 0.1) is 5.92 Å². The van der Waals surface area contributed by atoms with Crippen molar-refractivity contribution < 1.29 is 14.6 Å².